The fraction of sp³-hybridized carbons (Fsp3) is 0.654. The zero-order valence-electron chi connectivity index (χ0n) is 24.9. The van der Waals surface area contributed by atoms with Gasteiger partial charge < -0.3 is 20.7 Å². The predicted molar refractivity (Wildman–Crippen MR) is 161 cm³/mol. The number of hydrogen-bond donors (Lipinski definition) is 3. The van der Waals surface area contributed by atoms with E-state index in [1.54, 1.807) is 47.6 Å². The maximum Gasteiger partial charge on any atom is 0.474 e. The molecule has 238 valence electrons. The summed E-state index contributed by atoms with van der Waals surface area (Å²) in [6.07, 6.45) is -0.725. The van der Waals surface area contributed by atoms with Crippen molar-refractivity contribution < 1.29 is 42.7 Å². The monoisotopic (exact) mass is 659 g/mol. The number of aliphatic hydroxyl groups is 2. The molecule has 0 saturated carbocycles. The van der Waals surface area contributed by atoms with E-state index >= 15 is 0 Å². The first-order valence-electron chi connectivity index (χ1n) is 13.3. The fourth-order valence-electron chi connectivity index (χ4n) is 3.81. The minimum atomic E-state index is -4.42. The van der Waals surface area contributed by atoms with Gasteiger partial charge in [0, 0.05) is 22.3 Å². The van der Waals surface area contributed by atoms with E-state index in [4.69, 9.17) is 24.0 Å². The van der Waals surface area contributed by atoms with Crippen molar-refractivity contribution in [3.8, 4) is 6.07 Å². The molecular formula is C26H38N5O9PS2. The standard InChI is InChI=1S/C26H38N5O9PS2/c1-23(2,3)21(33)42-11-9-38-41(36,39-10-12-43-22(34)24(4,5)6)40-14-25(13-27)20(32)26(35,15-37-25)18-8-7-17-19(28)29-16-30-31(17)18/h7-8,16,20,32,35H,9-12,14-15H2,1-6H3,(H2,28,29,30)/t20-,25-,26-/m1/s1. The van der Waals surface area contributed by atoms with E-state index < -0.39 is 49.2 Å². The Balaban J connectivity index is 1.74. The Morgan fingerprint density at radius 1 is 1.14 bits per heavy atom. The predicted octanol–water partition coefficient (Wildman–Crippen LogP) is 2.92. The van der Waals surface area contributed by atoms with Crippen molar-refractivity contribution in [3.63, 3.8) is 0 Å². The number of rotatable bonds is 12. The summed E-state index contributed by atoms with van der Waals surface area (Å²) in [5.74, 6) is 0.408. The van der Waals surface area contributed by atoms with Crippen LogP contribution in [0, 0.1) is 22.2 Å². The topological polar surface area (TPSA) is 209 Å². The number of hydrogen-bond acceptors (Lipinski definition) is 15. The molecule has 2 aromatic rings. The molecule has 17 heteroatoms. The van der Waals surface area contributed by atoms with Gasteiger partial charge in [-0.2, -0.15) is 10.4 Å². The summed E-state index contributed by atoms with van der Waals surface area (Å²) in [5.41, 5.74) is 0.821. The first kappa shape index (κ1) is 35.4. The number of carbonyl (C=O) groups is 2. The molecule has 3 heterocycles. The highest BCUT2D eigenvalue weighted by Gasteiger charge is 2.61. The van der Waals surface area contributed by atoms with Crippen LogP contribution in [0.4, 0.5) is 5.82 Å². The number of anilines is 1. The summed E-state index contributed by atoms with van der Waals surface area (Å²) in [6, 6.07) is 4.82. The number of nitriles is 1. The van der Waals surface area contributed by atoms with Gasteiger partial charge in [-0.05, 0) is 12.1 Å². The summed E-state index contributed by atoms with van der Waals surface area (Å²) in [6.45, 7) is 8.85. The molecule has 0 bridgehead atoms. The lowest BCUT2D eigenvalue weighted by molar-refractivity contribution is -0.118. The van der Waals surface area contributed by atoms with Crippen LogP contribution in [0.2, 0.25) is 0 Å². The quantitative estimate of drug-likeness (QED) is 0.221. The second-order valence-corrected chi connectivity index (χ2v) is 15.7. The molecule has 14 nitrogen and oxygen atoms in total. The third kappa shape index (κ3) is 8.16. The van der Waals surface area contributed by atoms with Crippen LogP contribution in [0.15, 0.2) is 18.5 Å². The number of nitrogens with zero attached hydrogens (tertiary/aromatic N) is 4. The Labute approximate surface area is 258 Å². The molecule has 1 fully saturated rings. The number of fused-ring (bicyclic) bond motifs is 1. The highest BCUT2D eigenvalue weighted by molar-refractivity contribution is 8.14. The van der Waals surface area contributed by atoms with Crippen LogP contribution in [-0.4, -0.2) is 84.7 Å². The summed E-state index contributed by atoms with van der Waals surface area (Å²) in [7, 11) is -4.42. The van der Waals surface area contributed by atoms with Crippen LogP contribution < -0.4 is 5.73 Å². The van der Waals surface area contributed by atoms with Crippen LogP contribution in [0.3, 0.4) is 0 Å². The normalized spacial score (nSPS) is 23.0. The lowest BCUT2D eigenvalue weighted by Crippen LogP contribution is -2.50. The Kier molecular flexibility index (Phi) is 11.1. The van der Waals surface area contributed by atoms with Gasteiger partial charge in [0.1, 0.15) is 30.6 Å². The molecule has 1 aliphatic heterocycles. The largest absolute Gasteiger partial charge is 0.474 e. The Bertz CT molecular complexity index is 1380. The highest BCUT2D eigenvalue weighted by atomic mass is 32.2. The Hall–Kier alpha value is -2.06. The van der Waals surface area contributed by atoms with E-state index in [1.807, 2.05) is 6.07 Å². The molecule has 1 saturated heterocycles. The van der Waals surface area contributed by atoms with E-state index in [-0.39, 0.29) is 46.5 Å². The molecule has 2 aromatic heterocycles. The molecule has 0 unspecified atom stereocenters. The van der Waals surface area contributed by atoms with Crippen molar-refractivity contribution in [2.45, 2.75) is 58.8 Å². The van der Waals surface area contributed by atoms with E-state index in [0.29, 0.717) is 5.52 Å². The van der Waals surface area contributed by atoms with Gasteiger partial charge in [0.25, 0.3) is 0 Å². The number of ether oxygens (including phenoxy) is 1. The number of phosphoric ester groups is 1. The van der Waals surface area contributed by atoms with Crippen molar-refractivity contribution in [3.05, 3.63) is 24.2 Å². The van der Waals surface area contributed by atoms with E-state index in [9.17, 15) is 29.6 Å². The number of nitrogen functional groups attached to an aromatic ring is 1. The number of nitrogens with two attached hydrogens (primary N) is 1. The molecule has 0 radical (unpaired) electrons. The molecule has 3 atom stereocenters. The molecule has 43 heavy (non-hydrogen) atoms. The van der Waals surface area contributed by atoms with Gasteiger partial charge in [0.05, 0.1) is 25.5 Å². The number of phosphoric acid groups is 1. The molecule has 4 N–H and O–H groups in total. The molecule has 3 rings (SSSR count). The molecule has 0 aliphatic carbocycles. The third-order valence-corrected chi connectivity index (χ3v) is 10.3. The summed E-state index contributed by atoms with van der Waals surface area (Å²) in [5, 5.41) is 36.6. The second-order valence-electron chi connectivity index (χ2n) is 11.9. The van der Waals surface area contributed by atoms with Crippen LogP contribution in [0.25, 0.3) is 5.52 Å². The first-order chi connectivity index (χ1) is 19.9. The van der Waals surface area contributed by atoms with Crippen LogP contribution >= 0.6 is 31.3 Å². The second kappa shape index (κ2) is 13.5. The van der Waals surface area contributed by atoms with Crippen molar-refractivity contribution in [2.75, 3.05) is 43.7 Å². The van der Waals surface area contributed by atoms with Crippen molar-refractivity contribution >= 4 is 52.9 Å². The highest BCUT2D eigenvalue weighted by Crippen LogP contribution is 2.52. The maximum absolute atomic E-state index is 13.6. The lowest BCUT2D eigenvalue weighted by atomic mass is 9.86. The van der Waals surface area contributed by atoms with Crippen LogP contribution in [0.5, 0.6) is 0 Å². The number of carbonyl (C=O) groups excluding carboxylic acids is 2. The van der Waals surface area contributed by atoms with Gasteiger partial charge in [-0.15, -0.1) is 0 Å². The molecule has 0 amide bonds. The molecule has 0 aromatic carbocycles. The van der Waals surface area contributed by atoms with E-state index in [0.717, 1.165) is 23.5 Å². The molecular weight excluding hydrogens is 621 g/mol. The minimum absolute atomic E-state index is 0.0815. The van der Waals surface area contributed by atoms with E-state index in [1.165, 1.54) is 16.9 Å². The SMILES string of the molecule is CC(C)(C)C(=O)SCCOP(=O)(OCCSC(=O)C(C)(C)C)OC[C@@]1(C#N)OC[C@@](O)(c2ccc3c(N)ncnn23)[C@@H]1O. The van der Waals surface area contributed by atoms with Crippen molar-refractivity contribution in [1.29, 1.82) is 5.26 Å². The van der Waals surface area contributed by atoms with Gasteiger partial charge in [-0.25, -0.2) is 14.1 Å². The third-order valence-electron chi connectivity index (χ3n) is 6.35. The average Bonchev–Trinajstić information content (AvgIpc) is 3.48. The fourth-order valence-corrected chi connectivity index (χ4v) is 6.83. The van der Waals surface area contributed by atoms with Crippen molar-refractivity contribution in [1.82, 2.24) is 14.6 Å². The lowest BCUT2D eigenvalue weighted by Gasteiger charge is -2.30. The number of aliphatic hydroxyl groups excluding tert-OH is 1. The Morgan fingerprint density at radius 2 is 1.70 bits per heavy atom. The zero-order chi connectivity index (χ0) is 32.3. The maximum atomic E-state index is 13.6. The zero-order valence-corrected chi connectivity index (χ0v) is 27.5. The smallest absolute Gasteiger partial charge is 0.385 e. The van der Waals surface area contributed by atoms with Gasteiger partial charge in [-0.3, -0.25) is 23.2 Å². The molecule has 1 aliphatic rings. The minimum Gasteiger partial charge on any atom is -0.385 e. The summed E-state index contributed by atoms with van der Waals surface area (Å²) >= 11 is 1.98. The van der Waals surface area contributed by atoms with Crippen LogP contribution in [0.1, 0.15) is 47.2 Å². The summed E-state index contributed by atoms with van der Waals surface area (Å²) in [4.78, 5) is 28.4. The van der Waals surface area contributed by atoms with Crippen LogP contribution in [-0.2, 0) is 38.1 Å². The summed E-state index contributed by atoms with van der Waals surface area (Å²) < 4.78 is 36.9. The molecule has 0 spiro atoms. The van der Waals surface area contributed by atoms with E-state index in [2.05, 4.69) is 10.1 Å². The number of aromatic nitrogens is 3. The van der Waals surface area contributed by atoms with Gasteiger partial charge >= 0.3 is 7.82 Å². The van der Waals surface area contributed by atoms with Crippen molar-refractivity contribution in [2.24, 2.45) is 10.8 Å². The Morgan fingerprint density at radius 3 is 2.21 bits per heavy atom. The average molecular weight is 660 g/mol. The van der Waals surface area contributed by atoms with Gasteiger partial charge in [-0.1, -0.05) is 65.1 Å². The number of thioether (sulfide) groups is 2. The first-order valence-corrected chi connectivity index (χ1v) is 16.7. The van der Waals surface area contributed by atoms with Gasteiger partial charge in [0.15, 0.2) is 21.6 Å². The van der Waals surface area contributed by atoms with Gasteiger partial charge in [0.2, 0.25) is 5.60 Å².